The van der Waals surface area contributed by atoms with Gasteiger partial charge in [0.15, 0.2) is 5.82 Å². The quantitative estimate of drug-likeness (QED) is 0.681. The first-order chi connectivity index (χ1) is 6.83. The van der Waals surface area contributed by atoms with E-state index in [4.69, 9.17) is 0 Å². The monoisotopic (exact) mass is 191 g/mol. The van der Waals surface area contributed by atoms with Crippen LogP contribution < -0.4 is 0 Å². The molecular weight excluding hydrogens is 178 g/mol. The van der Waals surface area contributed by atoms with Gasteiger partial charge in [-0.2, -0.15) is 5.10 Å². The lowest BCUT2D eigenvalue weighted by Gasteiger charge is -2.01. The number of ketones is 1. The summed E-state index contributed by atoms with van der Waals surface area (Å²) in [6.07, 6.45) is 6.43. The second-order valence-electron chi connectivity index (χ2n) is 3.35. The third-order valence-electron chi connectivity index (χ3n) is 2.45. The standard InChI is InChI=1S/C10H13N3O/c1-2-13-10(11-7-12-13)9(14)8-5-3-4-6-8/h5,7H,2-4,6H2,1H3. The second kappa shape index (κ2) is 3.74. The van der Waals surface area contributed by atoms with E-state index in [9.17, 15) is 4.79 Å². The first kappa shape index (κ1) is 9.12. The molecule has 0 radical (unpaired) electrons. The molecule has 0 aliphatic heterocycles. The normalized spacial score (nSPS) is 15.6. The van der Waals surface area contributed by atoms with Crippen LogP contribution in [0.5, 0.6) is 0 Å². The summed E-state index contributed by atoms with van der Waals surface area (Å²) < 4.78 is 1.64. The van der Waals surface area contributed by atoms with Crippen molar-refractivity contribution in [2.45, 2.75) is 32.7 Å². The number of Topliss-reactive ketones (excluding diaryl/α,β-unsaturated/α-hetero) is 1. The lowest BCUT2D eigenvalue weighted by Crippen LogP contribution is -2.12. The van der Waals surface area contributed by atoms with Crippen LogP contribution in [0.1, 0.15) is 36.8 Å². The summed E-state index contributed by atoms with van der Waals surface area (Å²) in [4.78, 5) is 15.9. The minimum absolute atomic E-state index is 0.0434. The molecule has 0 saturated carbocycles. The molecule has 0 unspecified atom stereocenters. The first-order valence-corrected chi connectivity index (χ1v) is 4.94. The molecule has 0 N–H and O–H groups in total. The molecule has 1 aromatic rings. The van der Waals surface area contributed by atoms with E-state index in [1.54, 1.807) is 4.68 Å². The smallest absolute Gasteiger partial charge is 0.225 e. The number of rotatable bonds is 3. The third-order valence-corrected chi connectivity index (χ3v) is 2.45. The average Bonchev–Trinajstić information content (AvgIpc) is 2.87. The maximum absolute atomic E-state index is 11.9. The SMILES string of the molecule is CCn1ncnc1C(=O)C1=CCCC1. The van der Waals surface area contributed by atoms with Gasteiger partial charge in [0.25, 0.3) is 0 Å². The van der Waals surface area contributed by atoms with Gasteiger partial charge in [-0.3, -0.25) is 4.79 Å². The molecule has 1 aromatic heterocycles. The zero-order valence-corrected chi connectivity index (χ0v) is 8.23. The van der Waals surface area contributed by atoms with E-state index in [2.05, 4.69) is 10.1 Å². The van der Waals surface area contributed by atoms with Gasteiger partial charge in [0.05, 0.1) is 0 Å². The molecule has 74 valence electrons. The first-order valence-electron chi connectivity index (χ1n) is 4.94. The van der Waals surface area contributed by atoms with E-state index in [1.807, 2.05) is 13.0 Å². The molecule has 14 heavy (non-hydrogen) atoms. The summed E-state index contributed by atoms with van der Waals surface area (Å²) in [7, 11) is 0. The van der Waals surface area contributed by atoms with Crippen LogP contribution in [0.4, 0.5) is 0 Å². The molecule has 2 rings (SSSR count). The maximum Gasteiger partial charge on any atom is 0.225 e. The Balaban J connectivity index is 2.26. The van der Waals surface area contributed by atoms with E-state index < -0.39 is 0 Å². The molecule has 4 nitrogen and oxygen atoms in total. The topological polar surface area (TPSA) is 47.8 Å². The number of hydrogen-bond donors (Lipinski definition) is 0. The Kier molecular flexibility index (Phi) is 2.43. The molecule has 0 fully saturated rings. The van der Waals surface area contributed by atoms with Crippen molar-refractivity contribution in [3.63, 3.8) is 0 Å². The van der Waals surface area contributed by atoms with Crippen molar-refractivity contribution >= 4 is 5.78 Å². The van der Waals surface area contributed by atoms with E-state index in [0.29, 0.717) is 12.4 Å². The zero-order chi connectivity index (χ0) is 9.97. The number of carbonyl (C=O) groups excluding carboxylic acids is 1. The highest BCUT2D eigenvalue weighted by atomic mass is 16.1. The molecule has 0 spiro atoms. The van der Waals surface area contributed by atoms with E-state index in [1.165, 1.54) is 6.33 Å². The summed E-state index contributed by atoms with van der Waals surface area (Å²) in [6, 6.07) is 0. The van der Waals surface area contributed by atoms with Crippen molar-refractivity contribution in [2.75, 3.05) is 0 Å². The fraction of sp³-hybridized carbons (Fsp3) is 0.500. The van der Waals surface area contributed by atoms with Crippen LogP contribution in [0.15, 0.2) is 18.0 Å². The predicted octanol–water partition coefficient (Wildman–Crippen LogP) is 1.59. The molecule has 0 saturated heterocycles. The van der Waals surface area contributed by atoms with Gasteiger partial charge < -0.3 is 0 Å². The van der Waals surface area contributed by atoms with Crippen LogP contribution in [-0.4, -0.2) is 20.5 Å². The molecule has 1 aliphatic rings. The van der Waals surface area contributed by atoms with Crippen LogP contribution >= 0.6 is 0 Å². The number of aromatic nitrogens is 3. The maximum atomic E-state index is 11.9. The fourth-order valence-electron chi connectivity index (χ4n) is 1.69. The Morgan fingerprint density at radius 1 is 1.64 bits per heavy atom. The van der Waals surface area contributed by atoms with E-state index in [-0.39, 0.29) is 5.78 Å². The second-order valence-corrected chi connectivity index (χ2v) is 3.35. The Hall–Kier alpha value is -1.45. The Labute approximate surface area is 82.6 Å². The predicted molar refractivity (Wildman–Crippen MR) is 52.0 cm³/mol. The Morgan fingerprint density at radius 3 is 3.14 bits per heavy atom. The van der Waals surface area contributed by atoms with Crippen molar-refractivity contribution < 1.29 is 4.79 Å². The average molecular weight is 191 g/mol. The summed E-state index contributed by atoms with van der Waals surface area (Å²) >= 11 is 0. The van der Waals surface area contributed by atoms with Gasteiger partial charge in [0.2, 0.25) is 5.78 Å². The van der Waals surface area contributed by atoms with Crippen LogP contribution in [0.3, 0.4) is 0 Å². The van der Waals surface area contributed by atoms with Crippen molar-refractivity contribution in [2.24, 2.45) is 0 Å². The lowest BCUT2D eigenvalue weighted by atomic mass is 10.1. The van der Waals surface area contributed by atoms with Gasteiger partial charge in [0.1, 0.15) is 6.33 Å². The summed E-state index contributed by atoms with van der Waals surface area (Å²) in [5, 5.41) is 3.98. The molecular formula is C10H13N3O. The van der Waals surface area contributed by atoms with Gasteiger partial charge in [-0.1, -0.05) is 6.08 Å². The number of allylic oxidation sites excluding steroid dienone is 2. The molecule has 0 amide bonds. The van der Waals surface area contributed by atoms with Crippen molar-refractivity contribution in [1.82, 2.24) is 14.8 Å². The number of hydrogen-bond acceptors (Lipinski definition) is 3. The number of nitrogens with zero attached hydrogens (tertiary/aromatic N) is 3. The molecule has 1 aliphatic carbocycles. The van der Waals surface area contributed by atoms with Crippen molar-refractivity contribution in [3.05, 3.63) is 23.8 Å². The van der Waals surface area contributed by atoms with Gasteiger partial charge in [-0.25, -0.2) is 9.67 Å². The molecule has 0 aromatic carbocycles. The van der Waals surface area contributed by atoms with Crippen LogP contribution in [0.2, 0.25) is 0 Å². The van der Waals surface area contributed by atoms with Crippen LogP contribution in [0, 0.1) is 0 Å². The Bertz CT molecular complexity index is 378. The highest BCUT2D eigenvalue weighted by Gasteiger charge is 2.19. The van der Waals surface area contributed by atoms with Gasteiger partial charge in [-0.15, -0.1) is 0 Å². The highest BCUT2D eigenvalue weighted by Crippen LogP contribution is 2.20. The Morgan fingerprint density at radius 2 is 2.50 bits per heavy atom. The number of aryl methyl sites for hydroxylation is 1. The zero-order valence-electron chi connectivity index (χ0n) is 8.23. The summed E-state index contributed by atoms with van der Waals surface area (Å²) in [6.45, 7) is 2.64. The minimum atomic E-state index is 0.0434. The van der Waals surface area contributed by atoms with E-state index >= 15 is 0 Å². The third kappa shape index (κ3) is 1.47. The van der Waals surface area contributed by atoms with Crippen molar-refractivity contribution in [1.29, 1.82) is 0 Å². The molecule has 0 atom stereocenters. The van der Waals surface area contributed by atoms with Crippen molar-refractivity contribution in [3.8, 4) is 0 Å². The largest absolute Gasteiger partial charge is 0.285 e. The fourth-order valence-corrected chi connectivity index (χ4v) is 1.69. The van der Waals surface area contributed by atoms with Gasteiger partial charge in [0, 0.05) is 6.54 Å². The minimum Gasteiger partial charge on any atom is -0.285 e. The molecule has 0 bridgehead atoms. The number of carbonyl (C=O) groups is 1. The van der Waals surface area contributed by atoms with Gasteiger partial charge in [-0.05, 0) is 31.8 Å². The summed E-state index contributed by atoms with van der Waals surface area (Å²) in [5.74, 6) is 0.516. The summed E-state index contributed by atoms with van der Waals surface area (Å²) in [5.41, 5.74) is 0.896. The lowest BCUT2D eigenvalue weighted by molar-refractivity contribution is 0.101. The molecule has 4 heteroatoms. The molecule has 1 heterocycles. The van der Waals surface area contributed by atoms with E-state index in [0.717, 1.165) is 24.8 Å². The van der Waals surface area contributed by atoms with Crippen LogP contribution in [0.25, 0.3) is 0 Å². The highest BCUT2D eigenvalue weighted by molar-refractivity contribution is 6.06. The van der Waals surface area contributed by atoms with Gasteiger partial charge >= 0.3 is 0 Å². The van der Waals surface area contributed by atoms with Crippen LogP contribution in [-0.2, 0) is 6.54 Å².